The summed E-state index contributed by atoms with van der Waals surface area (Å²) in [5.74, 6) is -0.751. The Morgan fingerprint density at radius 1 is 1.25 bits per heavy atom. The van der Waals surface area contributed by atoms with Gasteiger partial charge < -0.3 is 5.32 Å². The van der Waals surface area contributed by atoms with Crippen molar-refractivity contribution >= 4 is 17.5 Å². The molecular weight excluding hydrogens is 377 g/mol. The largest absolute Gasteiger partial charge is 0.349 e. The third-order valence-corrected chi connectivity index (χ3v) is 5.81. The van der Waals surface area contributed by atoms with Gasteiger partial charge in [-0.25, -0.2) is 4.39 Å². The average molecular weight is 400 g/mol. The standard InChI is InChI=1S/C22H23ClFN3O/c1-14-15(2)18(4-3-17(14)12-25)13-27-9-7-19(8-10-27)26-22(28)16-5-6-21(24)20(23)11-16/h3-6,11,19H,7-10,13H2,1-2H3,(H,26,28). The summed E-state index contributed by atoms with van der Waals surface area (Å²) in [6.07, 6.45) is 1.71. The number of amides is 1. The van der Waals surface area contributed by atoms with E-state index in [1.807, 2.05) is 19.1 Å². The van der Waals surface area contributed by atoms with Crippen LogP contribution in [0.25, 0.3) is 0 Å². The van der Waals surface area contributed by atoms with Gasteiger partial charge in [0.1, 0.15) is 5.82 Å². The molecule has 1 saturated heterocycles. The summed E-state index contributed by atoms with van der Waals surface area (Å²) in [7, 11) is 0. The Bertz CT molecular complexity index is 930. The van der Waals surface area contributed by atoms with E-state index in [0.717, 1.165) is 43.6 Å². The van der Waals surface area contributed by atoms with E-state index >= 15 is 0 Å². The first-order valence-corrected chi connectivity index (χ1v) is 9.74. The number of carbonyl (C=O) groups excluding carboxylic acids is 1. The van der Waals surface area contributed by atoms with Crippen LogP contribution in [0.4, 0.5) is 4.39 Å². The Kier molecular flexibility index (Phi) is 6.33. The van der Waals surface area contributed by atoms with E-state index in [1.54, 1.807) is 0 Å². The number of nitriles is 1. The Hall–Kier alpha value is -2.42. The molecule has 1 amide bonds. The van der Waals surface area contributed by atoms with Gasteiger partial charge in [-0.1, -0.05) is 17.7 Å². The predicted octanol–water partition coefficient (Wildman–Crippen LogP) is 4.36. The molecule has 0 radical (unpaired) electrons. The molecule has 1 heterocycles. The molecular formula is C22H23ClFN3O. The van der Waals surface area contributed by atoms with Crippen LogP contribution in [0.5, 0.6) is 0 Å². The number of nitrogens with one attached hydrogen (secondary N) is 1. The minimum Gasteiger partial charge on any atom is -0.349 e. The molecule has 6 heteroatoms. The number of likely N-dealkylation sites (tertiary alicyclic amines) is 1. The zero-order valence-corrected chi connectivity index (χ0v) is 16.8. The molecule has 0 spiro atoms. The highest BCUT2D eigenvalue weighted by atomic mass is 35.5. The van der Waals surface area contributed by atoms with Crippen LogP contribution in [-0.2, 0) is 6.54 Å². The van der Waals surface area contributed by atoms with Crippen LogP contribution >= 0.6 is 11.6 Å². The van der Waals surface area contributed by atoms with Gasteiger partial charge in [-0.2, -0.15) is 5.26 Å². The number of hydrogen-bond donors (Lipinski definition) is 1. The van der Waals surface area contributed by atoms with Gasteiger partial charge in [-0.3, -0.25) is 9.69 Å². The molecule has 0 atom stereocenters. The van der Waals surface area contributed by atoms with Crippen LogP contribution in [0.15, 0.2) is 30.3 Å². The minimum atomic E-state index is -0.528. The Balaban J connectivity index is 1.55. The molecule has 28 heavy (non-hydrogen) atoms. The van der Waals surface area contributed by atoms with Crippen molar-refractivity contribution in [3.63, 3.8) is 0 Å². The van der Waals surface area contributed by atoms with Gasteiger partial charge in [0.25, 0.3) is 5.91 Å². The van der Waals surface area contributed by atoms with E-state index in [0.29, 0.717) is 5.56 Å². The van der Waals surface area contributed by atoms with Crippen LogP contribution in [0, 0.1) is 31.0 Å². The maximum absolute atomic E-state index is 13.3. The minimum absolute atomic E-state index is 0.0458. The van der Waals surface area contributed by atoms with Crippen LogP contribution in [0.2, 0.25) is 5.02 Å². The number of hydrogen-bond acceptors (Lipinski definition) is 3. The topological polar surface area (TPSA) is 56.1 Å². The van der Waals surface area contributed by atoms with E-state index in [9.17, 15) is 9.18 Å². The highest BCUT2D eigenvalue weighted by molar-refractivity contribution is 6.31. The van der Waals surface area contributed by atoms with E-state index in [2.05, 4.69) is 23.2 Å². The molecule has 0 aromatic heterocycles. The number of carbonyl (C=O) groups is 1. The van der Waals surface area contributed by atoms with Crippen LogP contribution in [0.1, 0.15) is 45.5 Å². The summed E-state index contributed by atoms with van der Waals surface area (Å²) in [5.41, 5.74) is 4.55. The van der Waals surface area contributed by atoms with E-state index in [1.165, 1.54) is 29.3 Å². The van der Waals surface area contributed by atoms with Crippen molar-refractivity contribution in [1.29, 1.82) is 5.26 Å². The van der Waals surface area contributed by atoms with Crippen LogP contribution in [-0.4, -0.2) is 29.9 Å². The molecule has 1 N–H and O–H groups in total. The van der Waals surface area contributed by atoms with Gasteiger partial charge in [-0.15, -0.1) is 0 Å². The first-order chi connectivity index (χ1) is 13.4. The highest BCUT2D eigenvalue weighted by Gasteiger charge is 2.22. The molecule has 0 unspecified atom stereocenters. The molecule has 3 rings (SSSR count). The zero-order valence-electron chi connectivity index (χ0n) is 16.1. The fourth-order valence-electron chi connectivity index (χ4n) is 3.55. The smallest absolute Gasteiger partial charge is 0.251 e. The van der Waals surface area contributed by atoms with Crippen LogP contribution < -0.4 is 5.32 Å². The Morgan fingerprint density at radius 2 is 1.96 bits per heavy atom. The van der Waals surface area contributed by atoms with Crippen molar-refractivity contribution in [2.24, 2.45) is 0 Å². The molecule has 0 bridgehead atoms. The van der Waals surface area contributed by atoms with Gasteiger partial charge >= 0.3 is 0 Å². The second-order valence-corrected chi connectivity index (χ2v) is 7.69. The summed E-state index contributed by atoms with van der Waals surface area (Å²) < 4.78 is 13.3. The lowest BCUT2D eigenvalue weighted by Crippen LogP contribution is -2.44. The zero-order chi connectivity index (χ0) is 20.3. The molecule has 146 valence electrons. The fourth-order valence-corrected chi connectivity index (χ4v) is 3.73. The summed E-state index contributed by atoms with van der Waals surface area (Å²) in [5, 5.41) is 12.1. The predicted molar refractivity (Wildman–Crippen MR) is 108 cm³/mol. The second-order valence-electron chi connectivity index (χ2n) is 7.29. The van der Waals surface area contributed by atoms with Crippen molar-refractivity contribution in [2.75, 3.05) is 13.1 Å². The van der Waals surface area contributed by atoms with E-state index in [-0.39, 0.29) is 17.0 Å². The number of benzene rings is 2. The third-order valence-electron chi connectivity index (χ3n) is 5.52. The summed E-state index contributed by atoms with van der Waals surface area (Å²) in [4.78, 5) is 14.7. The van der Waals surface area contributed by atoms with Crippen molar-refractivity contribution in [3.05, 3.63) is 69.0 Å². The molecule has 0 saturated carbocycles. The van der Waals surface area contributed by atoms with E-state index < -0.39 is 5.82 Å². The average Bonchev–Trinajstić information content (AvgIpc) is 2.69. The van der Waals surface area contributed by atoms with Crippen molar-refractivity contribution < 1.29 is 9.18 Å². The third kappa shape index (κ3) is 4.52. The normalized spacial score (nSPS) is 15.2. The van der Waals surface area contributed by atoms with Crippen molar-refractivity contribution in [3.8, 4) is 6.07 Å². The number of rotatable bonds is 4. The van der Waals surface area contributed by atoms with Crippen LogP contribution in [0.3, 0.4) is 0 Å². The van der Waals surface area contributed by atoms with Crippen molar-refractivity contribution in [2.45, 2.75) is 39.3 Å². The molecule has 0 aliphatic carbocycles. The molecule has 1 aliphatic rings. The van der Waals surface area contributed by atoms with Gasteiger partial charge in [-0.05, 0) is 67.6 Å². The van der Waals surface area contributed by atoms with Gasteiger partial charge in [0.2, 0.25) is 0 Å². The monoisotopic (exact) mass is 399 g/mol. The lowest BCUT2D eigenvalue weighted by atomic mass is 9.97. The SMILES string of the molecule is Cc1c(C#N)ccc(CN2CCC(NC(=O)c3ccc(F)c(Cl)c3)CC2)c1C. The van der Waals surface area contributed by atoms with Crippen molar-refractivity contribution in [1.82, 2.24) is 10.2 Å². The van der Waals surface area contributed by atoms with E-state index in [4.69, 9.17) is 16.9 Å². The number of halogens is 2. The number of nitrogens with zero attached hydrogens (tertiary/aromatic N) is 2. The first-order valence-electron chi connectivity index (χ1n) is 9.36. The molecule has 2 aromatic rings. The molecule has 2 aromatic carbocycles. The van der Waals surface area contributed by atoms with Gasteiger partial charge in [0, 0.05) is 31.2 Å². The summed E-state index contributed by atoms with van der Waals surface area (Å²) >= 11 is 5.76. The number of piperidine rings is 1. The first kappa shape index (κ1) is 20.3. The molecule has 4 nitrogen and oxygen atoms in total. The maximum Gasteiger partial charge on any atom is 0.251 e. The van der Waals surface area contributed by atoms with Gasteiger partial charge in [0.15, 0.2) is 0 Å². The molecule has 1 aliphatic heterocycles. The Labute approximate surface area is 169 Å². The summed E-state index contributed by atoms with van der Waals surface area (Å²) in [6, 6.07) is 10.3. The fraction of sp³-hybridized carbons (Fsp3) is 0.364. The lowest BCUT2D eigenvalue weighted by Gasteiger charge is -2.33. The summed E-state index contributed by atoms with van der Waals surface area (Å²) in [6.45, 7) is 6.65. The highest BCUT2D eigenvalue weighted by Crippen LogP contribution is 2.21. The molecule has 1 fully saturated rings. The second kappa shape index (κ2) is 8.72. The lowest BCUT2D eigenvalue weighted by molar-refractivity contribution is 0.0909. The van der Waals surface area contributed by atoms with Gasteiger partial charge in [0.05, 0.1) is 16.7 Å². The quantitative estimate of drug-likeness (QED) is 0.830. The maximum atomic E-state index is 13.3. The Morgan fingerprint density at radius 3 is 2.61 bits per heavy atom.